The molecule has 0 aliphatic heterocycles. The monoisotopic (exact) mass is 330 g/mol. The quantitative estimate of drug-likeness (QED) is 0.751. The Balaban J connectivity index is 2.19. The van der Waals surface area contributed by atoms with Crippen molar-refractivity contribution in [3.63, 3.8) is 0 Å². The highest BCUT2D eigenvalue weighted by atomic mass is 32.1. The Labute approximate surface area is 134 Å². The van der Waals surface area contributed by atoms with E-state index >= 15 is 0 Å². The molecule has 23 heavy (non-hydrogen) atoms. The zero-order chi connectivity index (χ0) is 16.6. The minimum atomic E-state index is -0.653. The predicted molar refractivity (Wildman–Crippen MR) is 87.6 cm³/mol. The lowest BCUT2D eigenvalue weighted by atomic mass is 10.1. The summed E-state index contributed by atoms with van der Waals surface area (Å²) in [5, 5.41) is 1.57. The van der Waals surface area contributed by atoms with Crippen LogP contribution < -0.4 is 17.0 Å². The third-order valence-corrected chi connectivity index (χ3v) is 4.14. The SMILES string of the molecule is Cc1ccc(Cn2c(=O)c3nscc3n(CC(N)=O)c2=O)cc1. The van der Waals surface area contributed by atoms with Crippen LogP contribution in [-0.4, -0.2) is 19.4 Å². The van der Waals surface area contributed by atoms with Crippen LogP contribution in [0.15, 0.2) is 39.2 Å². The first-order valence-corrected chi connectivity index (χ1v) is 7.72. The average molecular weight is 330 g/mol. The molecular formula is C15H14N4O3S. The van der Waals surface area contributed by atoms with Gasteiger partial charge in [-0.15, -0.1) is 0 Å². The summed E-state index contributed by atoms with van der Waals surface area (Å²) in [5.74, 6) is -0.653. The summed E-state index contributed by atoms with van der Waals surface area (Å²) in [6, 6.07) is 7.52. The summed E-state index contributed by atoms with van der Waals surface area (Å²) in [6.07, 6.45) is 0. The minimum Gasteiger partial charge on any atom is -0.368 e. The maximum absolute atomic E-state index is 12.6. The van der Waals surface area contributed by atoms with Gasteiger partial charge in [0.25, 0.3) is 5.56 Å². The van der Waals surface area contributed by atoms with Gasteiger partial charge in [-0.25, -0.2) is 4.79 Å². The van der Waals surface area contributed by atoms with E-state index in [9.17, 15) is 14.4 Å². The lowest BCUT2D eigenvalue weighted by Gasteiger charge is -2.10. The Kier molecular flexibility index (Phi) is 3.83. The Bertz CT molecular complexity index is 998. The number of nitrogens with two attached hydrogens (primary N) is 1. The van der Waals surface area contributed by atoms with Crippen LogP contribution >= 0.6 is 11.5 Å². The molecule has 0 saturated carbocycles. The number of primary amides is 1. The summed E-state index contributed by atoms with van der Waals surface area (Å²) in [4.78, 5) is 36.3. The fourth-order valence-electron chi connectivity index (χ4n) is 2.36. The van der Waals surface area contributed by atoms with Gasteiger partial charge in [0.1, 0.15) is 6.54 Å². The van der Waals surface area contributed by atoms with Crippen LogP contribution in [0.25, 0.3) is 11.0 Å². The van der Waals surface area contributed by atoms with Gasteiger partial charge in [-0.1, -0.05) is 29.8 Å². The third kappa shape index (κ3) is 2.80. The fourth-order valence-corrected chi connectivity index (χ4v) is 3.03. The van der Waals surface area contributed by atoms with E-state index in [0.29, 0.717) is 5.52 Å². The Morgan fingerprint density at radius 2 is 1.91 bits per heavy atom. The van der Waals surface area contributed by atoms with Gasteiger partial charge in [-0.05, 0) is 24.0 Å². The smallest absolute Gasteiger partial charge is 0.332 e. The standard InChI is InChI=1S/C15H14N4O3S/c1-9-2-4-10(5-3-9)6-19-14(21)13-11(8-23-17-13)18(15(19)22)7-12(16)20/h2-5,8H,6-7H2,1H3,(H2,16,20). The molecule has 2 heterocycles. The summed E-state index contributed by atoms with van der Waals surface area (Å²) in [6.45, 7) is 1.78. The summed E-state index contributed by atoms with van der Waals surface area (Å²) >= 11 is 1.06. The van der Waals surface area contributed by atoms with Crippen molar-refractivity contribution in [2.45, 2.75) is 20.0 Å². The first-order valence-electron chi connectivity index (χ1n) is 6.89. The van der Waals surface area contributed by atoms with Gasteiger partial charge >= 0.3 is 5.69 Å². The summed E-state index contributed by atoms with van der Waals surface area (Å²) < 4.78 is 6.31. The highest BCUT2D eigenvalue weighted by Crippen LogP contribution is 2.10. The number of benzene rings is 1. The molecule has 0 radical (unpaired) electrons. The van der Waals surface area contributed by atoms with E-state index in [1.54, 1.807) is 5.38 Å². The first-order chi connectivity index (χ1) is 11.0. The lowest BCUT2D eigenvalue weighted by Crippen LogP contribution is -2.42. The van der Waals surface area contributed by atoms with E-state index in [0.717, 1.165) is 27.2 Å². The lowest BCUT2D eigenvalue weighted by molar-refractivity contribution is -0.118. The molecule has 3 aromatic rings. The molecule has 0 spiro atoms. The third-order valence-electron chi connectivity index (χ3n) is 3.53. The maximum atomic E-state index is 12.6. The molecule has 118 valence electrons. The predicted octanol–water partition coefficient (Wildman–Crippen LogP) is 0.462. The number of nitrogens with zero attached hydrogens (tertiary/aromatic N) is 3. The highest BCUT2D eigenvalue weighted by molar-refractivity contribution is 7.04. The topological polar surface area (TPSA) is 100.0 Å². The second-order valence-corrected chi connectivity index (χ2v) is 5.89. The van der Waals surface area contributed by atoms with Crippen LogP contribution in [0, 0.1) is 6.92 Å². The van der Waals surface area contributed by atoms with Crippen molar-refractivity contribution in [1.82, 2.24) is 13.5 Å². The number of aryl methyl sites for hydroxylation is 1. The molecule has 0 bridgehead atoms. The van der Waals surface area contributed by atoms with Crippen LogP contribution in [-0.2, 0) is 17.9 Å². The molecule has 1 amide bonds. The second kappa shape index (κ2) is 5.81. The number of rotatable bonds is 4. The van der Waals surface area contributed by atoms with Gasteiger partial charge in [-0.2, -0.15) is 4.37 Å². The molecule has 2 aromatic heterocycles. The van der Waals surface area contributed by atoms with Crippen molar-refractivity contribution < 1.29 is 4.79 Å². The summed E-state index contributed by atoms with van der Waals surface area (Å²) in [5.41, 5.74) is 6.58. The van der Waals surface area contributed by atoms with Crippen LogP contribution in [0.5, 0.6) is 0 Å². The van der Waals surface area contributed by atoms with Gasteiger partial charge in [0.2, 0.25) is 5.91 Å². The first kappa shape index (κ1) is 15.2. The van der Waals surface area contributed by atoms with Crippen molar-refractivity contribution in [3.05, 3.63) is 61.6 Å². The number of carbonyl (C=O) groups is 1. The zero-order valence-electron chi connectivity index (χ0n) is 12.4. The zero-order valence-corrected chi connectivity index (χ0v) is 13.2. The largest absolute Gasteiger partial charge is 0.368 e. The highest BCUT2D eigenvalue weighted by Gasteiger charge is 2.16. The molecule has 8 heteroatoms. The van der Waals surface area contributed by atoms with Gasteiger partial charge in [0.05, 0.1) is 12.1 Å². The molecule has 2 N–H and O–H groups in total. The van der Waals surface area contributed by atoms with Crippen molar-refractivity contribution in [2.75, 3.05) is 0 Å². The van der Waals surface area contributed by atoms with Gasteiger partial charge in [0, 0.05) is 5.38 Å². The Hall–Kier alpha value is -2.74. The number of amides is 1. The second-order valence-electron chi connectivity index (χ2n) is 5.26. The minimum absolute atomic E-state index is 0.115. The molecule has 0 aliphatic carbocycles. The molecule has 7 nitrogen and oxygen atoms in total. The molecular weight excluding hydrogens is 316 g/mol. The summed E-state index contributed by atoms with van der Waals surface area (Å²) in [7, 11) is 0. The molecule has 0 fully saturated rings. The normalized spacial score (nSPS) is 11.0. The van der Waals surface area contributed by atoms with Gasteiger partial charge in [0.15, 0.2) is 5.52 Å². The van der Waals surface area contributed by atoms with Crippen LogP contribution in [0.2, 0.25) is 0 Å². The number of hydrogen-bond donors (Lipinski definition) is 1. The Morgan fingerprint density at radius 3 is 2.57 bits per heavy atom. The van der Waals surface area contributed by atoms with Gasteiger partial charge in [-0.3, -0.25) is 18.7 Å². The van der Waals surface area contributed by atoms with Crippen molar-refractivity contribution in [1.29, 1.82) is 0 Å². The average Bonchev–Trinajstić information content (AvgIpc) is 2.99. The molecule has 0 aliphatic rings. The van der Waals surface area contributed by atoms with Crippen LogP contribution in [0.1, 0.15) is 11.1 Å². The molecule has 0 atom stereocenters. The number of fused-ring (bicyclic) bond motifs is 1. The van der Waals surface area contributed by atoms with E-state index < -0.39 is 17.2 Å². The van der Waals surface area contributed by atoms with E-state index in [1.165, 1.54) is 4.57 Å². The molecule has 1 aromatic carbocycles. The van der Waals surface area contributed by atoms with E-state index in [1.807, 2.05) is 31.2 Å². The molecule has 0 saturated heterocycles. The van der Waals surface area contributed by atoms with E-state index in [4.69, 9.17) is 5.73 Å². The number of aromatic nitrogens is 3. The van der Waals surface area contributed by atoms with Crippen LogP contribution in [0.4, 0.5) is 0 Å². The van der Waals surface area contributed by atoms with Crippen molar-refractivity contribution in [3.8, 4) is 0 Å². The van der Waals surface area contributed by atoms with E-state index in [2.05, 4.69) is 4.37 Å². The Morgan fingerprint density at radius 1 is 1.22 bits per heavy atom. The van der Waals surface area contributed by atoms with Crippen LogP contribution in [0.3, 0.4) is 0 Å². The van der Waals surface area contributed by atoms with E-state index in [-0.39, 0.29) is 18.6 Å². The number of hydrogen-bond acceptors (Lipinski definition) is 5. The number of carbonyl (C=O) groups excluding carboxylic acids is 1. The van der Waals surface area contributed by atoms with Crippen molar-refractivity contribution >= 4 is 28.5 Å². The maximum Gasteiger partial charge on any atom is 0.332 e. The van der Waals surface area contributed by atoms with Gasteiger partial charge < -0.3 is 5.73 Å². The fraction of sp³-hybridized carbons (Fsp3) is 0.200. The molecule has 3 rings (SSSR count). The van der Waals surface area contributed by atoms with Crippen molar-refractivity contribution in [2.24, 2.45) is 5.73 Å². The molecule has 0 unspecified atom stereocenters.